The van der Waals surface area contributed by atoms with E-state index in [2.05, 4.69) is 11.9 Å². The summed E-state index contributed by atoms with van der Waals surface area (Å²) in [7, 11) is 0. The van der Waals surface area contributed by atoms with Gasteiger partial charge in [0.15, 0.2) is 0 Å². The van der Waals surface area contributed by atoms with Crippen LogP contribution in [-0.2, 0) is 14.3 Å². The lowest BCUT2D eigenvalue weighted by molar-refractivity contribution is -0.156. The van der Waals surface area contributed by atoms with E-state index in [-0.39, 0.29) is 23.8 Å². The molecule has 2 unspecified atom stereocenters. The topological polar surface area (TPSA) is 58.6 Å². The predicted octanol–water partition coefficient (Wildman–Crippen LogP) is 1.48. The fourth-order valence-electron chi connectivity index (χ4n) is 3.01. The van der Waals surface area contributed by atoms with Gasteiger partial charge in [0.25, 0.3) is 0 Å². The number of nitrogens with one attached hydrogen (secondary N) is 1. The van der Waals surface area contributed by atoms with Crippen LogP contribution in [0.4, 0.5) is 0 Å². The van der Waals surface area contributed by atoms with Crippen LogP contribution in [0.2, 0.25) is 0 Å². The molecule has 1 saturated carbocycles. The van der Waals surface area contributed by atoms with Gasteiger partial charge < -0.3 is 15.0 Å². The lowest BCUT2D eigenvalue weighted by atomic mass is 9.89. The Bertz CT molecular complexity index is 420. The number of hydrogen-bond donors (Lipinski definition) is 1. The van der Waals surface area contributed by atoms with Crippen molar-refractivity contribution in [2.24, 2.45) is 5.92 Å². The Hall–Kier alpha value is -1.36. The van der Waals surface area contributed by atoms with Crippen LogP contribution < -0.4 is 5.32 Å². The Morgan fingerprint density at radius 3 is 2.71 bits per heavy atom. The molecule has 118 valence electrons. The lowest BCUT2D eigenvalue weighted by Gasteiger charge is -2.44. The molecule has 1 heterocycles. The second kappa shape index (κ2) is 6.60. The van der Waals surface area contributed by atoms with Crippen molar-refractivity contribution in [3.8, 4) is 0 Å². The molecule has 5 heteroatoms. The number of hydrogen-bond acceptors (Lipinski definition) is 3. The molecule has 2 amide bonds. The Kier molecular flexibility index (Phi) is 5.04. The average Bonchev–Trinajstić information content (AvgIpc) is 3.28. The molecular weight excluding hydrogens is 268 g/mol. The quantitative estimate of drug-likeness (QED) is 0.545. The van der Waals surface area contributed by atoms with Crippen molar-refractivity contribution < 1.29 is 14.3 Å². The fourth-order valence-corrected chi connectivity index (χ4v) is 3.01. The van der Waals surface area contributed by atoms with E-state index in [4.69, 9.17) is 4.74 Å². The third-order valence-corrected chi connectivity index (χ3v) is 4.49. The molecule has 0 aromatic heterocycles. The van der Waals surface area contributed by atoms with Crippen molar-refractivity contribution in [2.45, 2.75) is 51.1 Å². The largest absolute Gasteiger partial charge is 0.379 e. The molecule has 21 heavy (non-hydrogen) atoms. The van der Waals surface area contributed by atoms with E-state index >= 15 is 0 Å². The molecule has 0 bridgehead atoms. The van der Waals surface area contributed by atoms with Crippen LogP contribution in [0.15, 0.2) is 12.7 Å². The maximum absolute atomic E-state index is 12.8. The molecule has 2 rings (SSSR count). The molecule has 0 aromatic carbocycles. The van der Waals surface area contributed by atoms with Gasteiger partial charge in [0.2, 0.25) is 11.8 Å². The molecule has 1 aliphatic heterocycles. The van der Waals surface area contributed by atoms with Crippen LogP contribution in [0.25, 0.3) is 0 Å². The number of amides is 2. The SMILES string of the molecule is C=CCCOCCN1C(=O)C(C)(C2CC2)NC(=O)C1CC. The highest BCUT2D eigenvalue weighted by molar-refractivity contribution is 6.00. The summed E-state index contributed by atoms with van der Waals surface area (Å²) in [5.41, 5.74) is -0.718. The summed E-state index contributed by atoms with van der Waals surface area (Å²) in [6.45, 7) is 8.98. The monoisotopic (exact) mass is 294 g/mol. The highest BCUT2D eigenvalue weighted by Gasteiger charge is 2.54. The van der Waals surface area contributed by atoms with E-state index < -0.39 is 5.54 Å². The first-order valence-electron chi connectivity index (χ1n) is 7.86. The van der Waals surface area contributed by atoms with Gasteiger partial charge in [0, 0.05) is 6.54 Å². The van der Waals surface area contributed by atoms with Gasteiger partial charge in [-0.1, -0.05) is 13.0 Å². The average molecular weight is 294 g/mol. The summed E-state index contributed by atoms with van der Waals surface area (Å²) in [4.78, 5) is 26.8. The van der Waals surface area contributed by atoms with E-state index in [1.165, 1.54) is 0 Å². The first-order chi connectivity index (χ1) is 10.0. The standard InChI is InChI=1S/C16H26N2O3/c1-4-6-10-21-11-9-18-13(5-2)14(19)17-16(3,15(18)20)12-7-8-12/h4,12-13H,1,5-11H2,2-3H3,(H,17,19). The van der Waals surface area contributed by atoms with Crippen LogP contribution in [0.3, 0.4) is 0 Å². The lowest BCUT2D eigenvalue weighted by Crippen LogP contribution is -2.70. The number of rotatable bonds is 8. The molecule has 2 fully saturated rings. The highest BCUT2D eigenvalue weighted by atomic mass is 16.5. The van der Waals surface area contributed by atoms with Gasteiger partial charge in [-0.2, -0.15) is 0 Å². The Morgan fingerprint density at radius 2 is 2.14 bits per heavy atom. The van der Waals surface area contributed by atoms with Crippen molar-refractivity contribution in [1.29, 1.82) is 0 Å². The van der Waals surface area contributed by atoms with Crippen molar-refractivity contribution in [1.82, 2.24) is 10.2 Å². The first-order valence-corrected chi connectivity index (χ1v) is 7.86. The molecule has 1 saturated heterocycles. The van der Waals surface area contributed by atoms with Gasteiger partial charge in [-0.25, -0.2) is 0 Å². The van der Waals surface area contributed by atoms with Gasteiger partial charge in [-0.15, -0.1) is 6.58 Å². The molecule has 2 atom stereocenters. The number of ether oxygens (including phenoxy) is 1. The van der Waals surface area contributed by atoms with Gasteiger partial charge in [0.1, 0.15) is 11.6 Å². The van der Waals surface area contributed by atoms with E-state index in [9.17, 15) is 9.59 Å². The van der Waals surface area contributed by atoms with Crippen molar-refractivity contribution in [3.63, 3.8) is 0 Å². The van der Waals surface area contributed by atoms with Gasteiger partial charge in [-0.05, 0) is 38.5 Å². The van der Waals surface area contributed by atoms with Crippen LogP contribution in [0.5, 0.6) is 0 Å². The molecule has 0 radical (unpaired) electrons. The zero-order valence-corrected chi connectivity index (χ0v) is 13.1. The van der Waals surface area contributed by atoms with E-state index in [1.807, 2.05) is 13.8 Å². The van der Waals surface area contributed by atoms with Crippen LogP contribution >= 0.6 is 0 Å². The number of nitrogens with zero attached hydrogens (tertiary/aromatic N) is 1. The fraction of sp³-hybridized carbons (Fsp3) is 0.750. The van der Waals surface area contributed by atoms with E-state index in [0.717, 1.165) is 19.3 Å². The molecule has 1 N–H and O–H groups in total. The van der Waals surface area contributed by atoms with Crippen molar-refractivity contribution in [2.75, 3.05) is 19.8 Å². The predicted molar refractivity (Wildman–Crippen MR) is 80.7 cm³/mol. The van der Waals surface area contributed by atoms with Crippen molar-refractivity contribution in [3.05, 3.63) is 12.7 Å². The minimum atomic E-state index is -0.718. The maximum atomic E-state index is 12.8. The number of carbonyl (C=O) groups excluding carboxylic acids is 2. The third kappa shape index (κ3) is 3.28. The van der Waals surface area contributed by atoms with Crippen LogP contribution in [-0.4, -0.2) is 48.1 Å². The zero-order valence-electron chi connectivity index (χ0n) is 13.1. The smallest absolute Gasteiger partial charge is 0.249 e. The molecule has 0 aromatic rings. The van der Waals surface area contributed by atoms with Crippen LogP contribution in [0, 0.1) is 5.92 Å². The van der Waals surface area contributed by atoms with Gasteiger partial charge in [-0.3, -0.25) is 9.59 Å². The highest BCUT2D eigenvalue weighted by Crippen LogP contribution is 2.42. The normalized spacial score (nSPS) is 29.4. The summed E-state index contributed by atoms with van der Waals surface area (Å²) in [6, 6.07) is -0.368. The van der Waals surface area contributed by atoms with Gasteiger partial charge in [0.05, 0.1) is 13.2 Å². The number of carbonyl (C=O) groups is 2. The summed E-state index contributed by atoms with van der Waals surface area (Å²) in [6.07, 6.45) is 5.26. The van der Waals surface area contributed by atoms with E-state index in [0.29, 0.717) is 26.2 Å². The molecule has 5 nitrogen and oxygen atoms in total. The second-order valence-corrected chi connectivity index (χ2v) is 6.08. The molecular formula is C16H26N2O3. The minimum absolute atomic E-state index is 0.0300. The summed E-state index contributed by atoms with van der Waals surface area (Å²) < 4.78 is 5.50. The Labute approximate surface area is 126 Å². The Balaban J connectivity index is 2.01. The van der Waals surface area contributed by atoms with Gasteiger partial charge >= 0.3 is 0 Å². The maximum Gasteiger partial charge on any atom is 0.249 e. The second-order valence-electron chi connectivity index (χ2n) is 6.08. The summed E-state index contributed by atoms with van der Waals surface area (Å²) in [5.74, 6) is 0.303. The molecule has 2 aliphatic rings. The van der Waals surface area contributed by atoms with Crippen LogP contribution in [0.1, 0.15) is 39.5 Å². The third-order valence-electron chi connectivity index (χ3n) is 4.49. The first kappa shape index (κ1) is 16.0. The Morgan fingerprint density at radius 1 is 1.43 bits per heavy atom. The zero-order chi connectivity index (χ0) is 15.5. The molecule has 1 aliphatic carbocycles. The minimum Gasteiger partial charge on any atom is -0.379 e. The van der Waals surface area contributed by atoms with E-state index in [1.54, 1.807) is 11.0 Å². The molecule has 0 spiro atoms. The summed E-state index contributed by atoms with van der Waals surface area (Å²) in [5, 5.41) is 2.96. The van der Waals surface area contributed by atoms with Crippen molar-refractivity contribution >= 4 is 11.8 Å². The number of piperazine rings is 1. The summed E-state index contributed by atoms with van der Waals surface area (Å²) >= 11 is 0.